The minimum atomic E-state index is -0.209. The number of aryl methyl sites for hydroxylation is 1. The number of nitrogen functional groups attached to an aromatic ring is 1. The number of benzene rings is 1. The standard InChI is InChI=1S/C14H20N4O/c1-14(2,3)17-12(19)8-9-18-11-7-5-4-6-10(11)16-13(18)15/h4-7H,8-9H2,1-3H3,(H2,15,16)(H,17,19). The van der Waals surface area contributed by atoms with Crippen LogP contribution in [0.15, 0.2) is 24.3 Å². The fraction of sp³-hybridized carbons (Fsp3) is 0.429. The highest BCUT2D eigenvalue weighted by atomic mass is 16.1. The molecule has 5 heteroatoms. The molecule has 0 saturated heterocycles. The third kappa shape index (κ3) is 3.24. The summed E-state index contributed by atoms with van der Waals surface area (Å²) < 4.78 is 1.87. The molecule has 0 aliphatic carbocycles. The van der Waals surface area contributed by atoms with Crippen LogP contribution in [0, 0.1) is 0 Å². The fourth-order valence-corrected chi connectivity index (χ4v) is 2.02. The zero-order chi connectivity index (χ0) is 14.0. The van der Waals surface area contributed by atoms with Gasteiger partial charge in [0.2, 0.25) is 11.9 Å². The molecule has 0 bridgehead atoms. The molecule has 0 radical (unpaired) electrons. The zero-order valence-electron chi connectivity index (χ0n) is 11.6. The van der Waals surface area contributed by atoms with Crippen molar-refractivity contribution in [3.05, 3.63) is 24.3 Å². The highest BCUT2D eigenvalue weighted by molar-refractivity contribution is 5.79. The van der Waals surface area contributed by atoms with Gasteiger partial charge >= 0.3 is 0 Å². The predicted molar refractivity (Wildman–Crippen MR) is 76.7 cm³/mol. The molecule has 0 spiro atoms. The van der Waals surface area contributed by atoms with Crippen molar-refractivity contribution >= 4 is 22.9 Å². The first-order valence-corrected chi connectivity index (χ1v) is 6.38. The van der Waals surface area contributed by atoms with Crippen LogP contribution in [0.5, 0.6) is 0 Å². The van der Waals surface area contributed by atoms with Gasteiger partial charge in [-0.2, -0.15) is 0 Å². The van der Waals surface area contributed by atoms with Crippen LogP contribution in [-0.2, 0) is 11.3 Å². The summed E-state index contributed by atoms with van der Waals surface area (Å²) >= 11 is 0. The van der Waals surface area contributed by atoms with Gasteiger partial charge in [-0.05, 0) is 32.9 Å². The number of amides is 1. The van der Waals surface area contributed by atoms with Gasteiger partial charge in [0, 0.05) is 18.5 Å². The van der Waals surface area contributed by atoms with Crippen molar-refractivity contribution in [2.75, 3.05) is 5.73 Å². The number of nitrogens with two attached hydrogens (primary N) is 1. The number of nitrogens with one attached hydrogen (secondary N) is 1. The molecule has 0 aliphatic rings. The molecule has 1 amide bonds. The predicted octanol–water partition coefficient (Wildman–Crippen LogP) is 1.92. The quantitative estimate of drug-likeness (QED) is 0.885. The normalized spacial score (nSPS) is 11.7. The molecular formula is C14H20N4O. The second-order valence-electron chi connectivity index (χ2n) is 5.66. The van der Waals surface area contributed by atoms with Crippen LogP contribution < -0.4 is 11.1 Å². The van der Waals surface area contributed by atoms with Crippen LogP contribution in [0.2, 0.25) is 0 Å². The van der Waals surface area contributed by atoms with Crippen LogP contribution in [0.3, 0.4) is 0 Å². The molecule has 102 valence electrons. The molecule has 0 unspecified atom stereocenters. The third-order valence-corrected chi connectivity index (χ3v) is 2.76. The van der Waals surface area contributed by atoms with Gasteiger partial charge in [-0.1, -0.05) is 12.1 Å². The number of fused-ring (bicyclic) bond motifs is 1. The number of rotatable bonds is 3. The van der Waals surface area contributed by atoms with E-state index in [0.717, 1.165) is 11.0 Å². The average Bonchev–Trinajstić information content (AvgIpc) is 2.60. The van der Waals surface area contributed by atoms with E-state index in [0.29, 0.717) is 18.9 Å². The Balaban J connectivity index is 2.10. The molecule has 0 fully saturated rings. The van der Waals surface area contributed by atoms with E-state index >= 15 is 0 Å². The Labute approximate surface area is 112 Å². The highest BCUT2D eigenvalue weighted by Crippen LogP contribution is 2.17. The van der Waals surface area contributed by atoms with Gasteiger partial charge in [0.1, 0.15) is 0 Å². The lowest BCUT2D eigenvalue weighted by Crippen LogP contribution is -2.40. The van der Waals surface area contributed by atoms with Gasteiger partial charge in [-0.3, -0.25) is 4.79 Å². The molecule has 2 rings (SSSR count). The first kappa shape index (κ1) is 13.4. The maximum Gasteiger partial charge on any atom is 0.222 e. The van der Waals surface area contributed by atoms with Gasteiger partial charge in [0.05, 0.1) is 11.0 Å². The molecule has 1 aromatic carbocycles. The molecule has 19 heavy (non-hydrogen) atoms. The van der Waals surface area contributed by atoms with Gasteiger partial charge in [-0.15, -0.1) is 0 Å². The summed E-state index contributed by atoms with van der Waals surface area (Å²) in [5, 5.41) is 2.94. The number of hydrogen-bond acceptors (Lipinski definition) is 3. The molecule has 1 heterocycles. The zero-order valence-corrected chi connectivity index (χ0v) is 11.6. The molecule has 0 atom stereocenters. The smallest absolute Gasteiger partial charge is 0.222 e. The van der Waals surface area contributed by atoms with Crippen LogP contribution in [-0.4, -0.2) is 21.0 Å². The van der Waals surface area contributed by atoms with Crippen molar-refractivity contribution in [3.8, 4) is 0 Å². The number of carbonyl (C=O) groups excluding carboxylic acids is 1. The SMILES string of the molecule is CC(C)(C)NC(=O)CCn1c(N)nc2ccccc21. The summed E-state index contributed by atoms with van der Waals surface area (Å²) in [6.45, 7) is 6.43. The van der Waals surface area contributed by atoms with Gasteiger partial charge in [0.25, 0.3) is 0 Å². The van der Waals surface area contributed by atoms with Crippen LogP contribution in [0.1, 0.15) is 27.2 Å². The van der Waals surface area contributed by atoms with E-state index in [1.54, 1.807) is 0 Å². The summed E-state index contributed by atoms with van der Waals surface area (Å²) in [6.07, 6.45) is 0.391. The topological polar surface area (TPSA) is 72.9 Å². The lowest BCUT2D eigenvalue weighted by Gasteiger charge is -2.20. The second kappa shape index (κ2) is 4.91. The van der Waals surface area contributed by atoms with Crippen LogP contribution >= 0.6 is 0 Å². The molecule has 0 saturated carbocycles. The first-order valence-electron chi connectivity index (χ1n) is 6.38. The number of para-hydroxylation sites is 2. The van der Waals surface area contributed by atoms with Crippen LogP contribution in [0.25, 0.3) is 11.0 Å². The van der Waals surface area contributed by atoms with Crippen molar-refractivity contribution in [2.24, 2.45) is 0 Å². The minimum Gasteiger partial charge on any atom is -0.369 e. The van der Waals surface area contributed by atoms with E-state index < -0.39 is 0 Å². The molecular weight excluding hydrogens is 240 g/mol. The van der Waals surface area contributed by atoms with Crippen molar-refractivity contribution < 1.29 is 4.79 Å². The fourth-order valence-electron chi connectivity index (χ4n) is 2.02. The molecule has 2 aromatic rings. The number of hydrogen-bond donors (Lipinski definition) is 2. The average molecular weight is 260 g/mol. The van der Waals surface area contributed by atoms with E-state index in [9.17, 15) is 4.79 Å². The van der Waals surface area contributed by atoms with E-state index in [2.05, 4.69) is 10.3 Å². The highest BCUT2D eigenvalue weighted by Gasteiger charge is 2.14. The lowest BCUT2D eigenvalue weighted by atomic mass is 10.1. The van der Waals surface area contributed by atoms with Crippen molar-refractivity contribution in [1.82, 2.24) is 14.9 Å². The Kier molecular flexibility index (Phi) is 3.46. The second-order valence-corrected chi connectivity index (χ2v) is 5.66. The molecule has 5 nitrogen and oxygen atoms in total. The Morgan fingerprint density at radius 3 is 2.74 bits per heavy atom. The number of carbonyl (C=O) groups is 1. The van der Waals surface area contributed by atoms with Crippen LogP contribution in [0.4, 0.5) is 5.95 Å². The summed E-state index contributed by atoms with van der Waals surface area (Å²) in [5.41, 5.74) is 7.50. The number of anilines is 1. The third-order valence-electron chi connectivity index (χ3n) is 2.76. The maximum atomic E-state index is 11.8. The molecule has 0 aliphatic heterocycles. The van der Waals surface area contributed by atoms with Gasteiger partial charge in [-0.25, -0.2) is 4.98 Å². The Morgan fingerprint density at radius 2 is 2.05 bits per heavy atom. The number of imidazole rings is 1. The minimum absolute atomic E-state index is 0.0182. The monoisotopic (exact) mass is 260 g/mol. The van der Waals surface area contributed by atoms with E-state index in [1.165, 1.54) is 0 Å². The van der Waals surface area contributed by atoms with Gasteiger partial charge < -0.3 is 15.6 Å². The Bertz CT molecular complexity index is 595. The molecule has 3 N–H and O–H groups in total. The summed E-state index contributed by atoms with van der Waals surface area (Å²) in [5.74, 6) is 0.467. The largest absolute Gasteiger partial charge is 0.369 e. The van der Waals surface area contributed by atoms with E-state index in [-0.39, 0.29) is 11.4 Å². The van der Waals surface area contributed by atoms with Crippen molar-refractivity contribution in [3.63, 3.8) is 0 Å². The Morgan fingerprint density at radius 1 is 1.37 bits per heavy atom. The van der Waals surface area contributed by atoms with Crippen molar-refractivity contribution in [2.45, 2.75) is 39.3 Å². The summed E-state index contributed by atoms with van der Waals surface area (Å²) in [6, 6.07) is 7.73. The van der Waals surface area contributed by atoms with Crippen molar-refractivity contribution in [1.29, 1.82) is 0 Å². The summed E-state index contributed by atoms with van der Waals surface area (Å²) in [7, 11) is 0. The van der Waals surface area contributed by atoms with Gasteiger partial charge in [0.15, 0.2) is 0 Å². The molecule has 1 aromatic heterocycles. The Hall–Kier alpha value is -2.04. The first-order chi connectivity index (χ1) is 8.87. The lowest BCUT2D eigenvalue weighted by molar-refractivity contribution is -0.122. The maximum absolute atomic E-state index is 11.8. The number of aromatic nitrogens is 2. The van der Waals surface area contributed by atoms with E-state index in [1.807, 2.05) is 49.6 Å². The van der Waals surface area contributed by atoms with E-state index in [4.69, 9.17) is 5.73 Å². The summed E-state index contributed by atoms with van der Waals surface area (Å²) in [4.78, 5) is 16.1. The number of nitrogens with zero attached hydrogens (tertiary/aromatic N) is 2.